The summed E-state index contributed by atoms with van der Waals surface area (Å²) in [6.07, 6.45) is 3.15. The summed E-state index contributed by atoms with van der Waals surface area (Å²) in [6, 6.07) is 8.62. The van der Waals surface area contributed by atoms with E-state index in [1.165, 1.54) is 11.1 Å². The van der Waals surface area contributed by atoms with Gasteiger partial charge in [-0.25, -0.2) is 0 Å². The van der Waals surface area contributed by atoms with E-state index in [4.69, 9.17) is 10.5 Å². The normalized spacial score (nSPS) is 22.0. The van der Waals surface area contributed by atoms with Gasteiger partial charge in [0.25, 0.3) is 0 Å². The summed E-state index contributed by atoms with van der Waals surface area (Å²) in [7, 11) is 0. The molecule has 1 aromatic carbocycles. The van der Waals surface area contributed by atoms with Crippen molar-refractivity contribution in [2.75, 3.05) is 32.8 Å². The van der Waals surface area contributed by atoms with Gasteiger partial charge in [0.1, 0.15) is 5.60 Å². The van der Waals surface area contributed by atoms with Gasteiger partial charge in [-0.05, 0) is 50.0 Å². The van der Waals surface area contributed by atoms with E-state index in [-0.39, 0.29) is 5.60 Å². The van der Waals surface area contributed by atoms with Crippen LogP contribution in [-0.4, -0.2) is 37.7 Å². The van der Waals surface area contributed by atoms with E-state index in [1.807, 2.05) is 0 Å². The van der Waals surface area contributed by atoms with Gasteiger partial charge < -0.3 is 15.4 Å². The van der Waals surface area contributed by atoms with Crippen LogP contribution >= 0.6 is 0 Å². The number of hydrogen-bond donors (Lipinski definition) is 1. The molecule has 0 aromatic heterocycles. The van der Waals surface area contributed by atoms with Crippen LogP contribution in [-0.2, 0) is 16.8 Å². The summed E-state index contributed by atoms with van der Waals surface area (Å²) in [4.78, 5) is 2.46. The second-order valence-corrected chi connectivity index (χ2v) is 5.58. The lowest BCUT2D eigenvalue weighted by atomic mass is 9.83. The number of nitrogens with zero attached hydrogens (tertiary/aromatic N) is 1. The van der Waals surface area contributed by atoms with E-state index in [0.717, 1.165) is 45.5 Å². The minimum atomic E-state index is -0.262. The van der Waals surface area contributed by atoms with Gasteiger partial charge in [0.05, 0.1) is 6.61 Å². The summed E-state index contributed by atoms with van der Waals surface area (Å²) < 4.78 is 6.15. The number of fused-ring (bicyclic) bond motifs is 1. The maximum Gasteiger partial charge on any atom is 0.106 e. The molecule has 0 saturated heterocycles. The Bertz CT molecular complexity index is 417. The van der Waals surface area contributed by atoms with E-state index < -0.39 is 0 Å². The standard InChI is InChI=1S/C17H28N2O/c1-3-19(4-2)12-7-11-17(14-18)16-9-6-5-8-15(16)10-13-20-17/h5-6,8-9H,3-4,7,10-14,18H2,1-2H3/t17-/m0/s1. The van der Waals surface area contributed by atoms with Crippen molar-refractivity contribution in [1.82, 2.24) is 4.90 Å². The van der Waals surface area contributed by atoms with Crippen molar-refractivity contribution in [3.63, 3.8) is 0 Å². The van der Waals surface area contributed by atoms with Crippen LogP contribution in [0.2, 0.25) is 0 Å². The molecule has 3 nitrogen and oxygen atoms in total. The smallest absolute Gasteiger partial charge is 0.106 e. The van der Waals surface area contributed by atoms with Crippen molar-refractivity contribution in [2.24, 2.45) is 5.73 Å². The van der Waals surface area contributed by atoms with E-state index >= 15 is 0 Å². The Morgan fingerprint density at radius 1 is 1.25 bits per heavy atom. The Balaban J connectivity index is 2.07. The van der Waals surface area contributed by atoms with Crippen molar-refractivity contribution in [2.45, 2.75) is 38.7 Å². The second kappa shape index (κ2) is 7.21. The second-order valence-electron chi connectivity index (χ2n) is 5.58. The van der Waals surface area contributed by atoms with E-state index in [1.54, 1.807) is 0 Å². The predicted molar refractivity (Wildman–Crippen MR) is 83.9 cm³/mol. The topological polar surface area (TPSA) is 38.5 Å². The average molecular weight is 276 g/mol. The Labute approximate surface area is 123 Å². The number of hydrogen-bond acceptors (Lipinski definition) is 3. The molecule has 0 bridgehead atoms. The van der Waals surface area contributed by atoms with Crippen molar-refractivity contribution < 1.29 is 4.74 Å². The molecule has 0 fully saturated rings. The highest BCUT2D eigenvalue weighted by atomic mass is 16.5. The first-order valence-electron chi connectivity index (χ1n) is 7.90. The molecule has 0 spiro atoms. The molecule has 3 heteroatoms. The highest BCUT2D eigenvalue weighted by molar-refractivity contribution is 5.34. The molecule has 0 amide bonds. The minimum absolute atomic E-state index is 0.262. The molecule has 2 N–H and O–H groups in total. The molecule has 0 radical (unpaired) electrons. The van der Waals surface area contributed by atoms with Crippen LogP contribution in [0.3, 0.4) is 0 Å². The fourth-order valence-electron chi connectivity index (χ4n) is 3.22. The van der Waals surface area contributed by atoms with Crippen LogP contribution in [0.25, 0.3) is 0 Å². The predicted octanol–water partition coefficient (Wildman–Crippen LogP) is 2.54. The maximum atomic E-state index is 6.15. The van der Waals surface area contributed by atoms with E-state index in [2.05, 4.69) is 43.0 Å². The molecular weight excluding hydrogens is 248 g/mol. The molecular formula is C17H28N2O. The first kappa shape index (κ1) is 15.5. The van der Waals surface area contributed by atoms with E-state index in [9.17, 15) is 0 Å². The fourth-order valence-corrected chi connectivity index (χ4v) is 3.22. The molecule has 0 aliphatic carbocycles. The number of nitrogens with two attached hydrogens (primary N) is 1. The third-order valence-corrected chi connectivity index (χ3v) is 4.54. The molecule has 1 heterocycles. The van der Waals surface area contributed by atoms with E-state index in [0.29, 0.717) is 6.54 Å². The van der Waals surface area contributed by atoms with Crippen molar-refractivity contribution >= 4 is 0 Å². The fraction of sp³-hybridized carbons (Fsp3) is 0.647. The SMILES string of the molecule is CCN(CC)CCC[C@@]1(CN)OCCc2ccccc21. The number of rotatable bonds is 7. The van der Waals surface area contributed by atoms with Crippen LogP contribution in [0.5, 0.6) is 0 Å². The molecule has 0 unspecified atom stereocenters. The Hall–Kier alpha value is -0.900. The molecule has 20 heavy (non-hydrogen) atoms. The highest BCUT2D eigenvalue weighted by Gasteiger charge is 2.35. The zero-order valence-corrected chi connectivity index (χ0v) is 12.9. The summed E-state index contributed by atoms with van der Waals surface area (Å²) in [5.74, 6) is 0. The first-order valence-corrected chi connectivity index (χ1v) is 7.90. The van der Waals surface area contributed by atoms with Crippen molar-refractivity contribution in [1.29, 1.82) is 0 Å². The minimum Gasteiger partial charge on any atom is -0.369 e. The zero-order valence-electron chi connectivity index (χ0n) is 12.9. The summed E-state index contributed by atoms with van der Waals surface area (Å²) in [5.41, 5.74) is 8.56. The van der Waals surface area contributed by atoms with Crippen LogP contribution < -0.4 is 5.73 Å². The van der Waals surface area contributed by atoms with Gasteiger partial charge in [-0.3, -0.25) is 0 Å². The van der Waals surface area contributed by atoms with Gasteiger partial charge in [-0.1, -0.05) is 38.1 Å². The van der Waals surface area contributed by atoms with Crippen LogP contribution in [0, 0.1) is 0 Å². The Morgan fingerprint density at radius 3 is 2.70 bits per heavy atom. The van der Waals surface area contributed by atoms with Crippen molar-refractivity contribution in [3.05, 3.63) is 35.4 Å². The number of ether oxygens (including phenoxy) is 1. The maximum absolute atomic E-state index is 6.15. The van der Waals surface area contributed by atoms with Gasteiger partial charge in [0.15, 0.2) is 0 Å². The van der Waals surface area contributed by atoms with Crippen LogP contribution in [0.1, 0.15) is 37.8 Å². The Kier molecular flexibility index (Phi) is 5.58. The van der Waals surface area contributed by atoms with Gasteiger partial charge in [0, 0.05) is 6.54 Å². The lowest BCUT2D eigenvalue weighted by Gasteiger charge is -2.39. The lowest BCUT2D eigenvalue weighted by Crippen LogP contribution is -2.42. The number of benzene rings is 1. The monoisotopic (exact) mass is 276 g/mol. The van der Waals surface area contributed by atoms with Crippen LogP contribution in [0.15, 0.2) is 24.3 Å². The molecule has 1 aliphatic rings. The van der Waals surface area contributed by atoms with Gasteiger partial charge in [-0.2, -0.15) is 0 Å². The molecule has 1 atom stereocenters. The third-order valence-electron chi connectivity index (χ3n) is 4.54. The van der Waals surface area contributed by atoms with Crippen LogP contribution in [0.4, 0.5) is 0 Å². The molecule has 2 rings (SSSR count). The average Bonchev–Trinajstić information content (AvgIpc) is 2.51. The summed E-state index contributed by atoms with van der Waals surface area (Å²) >= 11 is 0. The molecule has 1 aromatic rings. The summed E-state index contributed by atoms with van der Waals surface area (Å²) in [5, 5.41) is 0. The van der Waals surface area contributed by atoms with Gasteiger partial charge >= 0.3 is 0 Å². The quantitative estimate of drug-likeness (QED) is 0.832. The highest BCUT2D eigenvalue weighted by Crippen LogP contribution is 2.36. The zero-order chi connectivity index (χ0) is 14.4. The molecule has 112 valence electrons. The van der Waals surface area contributed by atoms with Gasteiger partial charge in [0.2, 0.25) is 0 Å². The molecule has 0 saturated carbocycles. The molecule has 1 aliphatic heterocycles. The lowest BCUT2D eigenvalue weighted by molar-refractivity contribution is -0.0617. The largest absolute Gasteiger partial charge is 0.369 e. The Morgan fingerprint density at radius 2 is 2.00 bits per heavy atom. The first-order chi connectivity index (χ1) is 9.75. The summed E-state index contributed by atoms with van der Waals surface area (Å²) in [6.45, 7) is 9.15. The van der Waals surface area contributed by atoms with Gasteiger partial charge in [-0.15, -0.1) is 0 Å². The third kappa shape index (κ3) is 3.22. The van der Waals surface area contributed by atoms with Crippen molar-refractivity contribution in [3.8, 4) is 0 Å².